The first-order valence-corrected chi connectivity index (χ1v) is 8.55. The first kappa shape index (κ1) is 14.8. The summed E-state index contributed by atoms with van der Waals surface area (Å²) in [7, 11) is 0. The summed E-state index contributed by atoms with van der Waals surface area (Å²) in [6, 6.07) is 2.76. The van der Waals surface area contributed by atoms with E-state index in [2.05, 4.69) is 31.2 Å². The van der Waals surface area contributed by atoms with Crippen LogP contribution in [0.15, 0.2) is 12.4 Å². The molecule has 4 heterocycles. The van der Waals surface area contributed by atoms with E-state index in [9.17, 15) is 5.11 Å². The monoisotopic (exact) mass is 316 g/mol. The number of likely N-dealkylation sites (tertiary alicyclic amines) is 1. The third-order valence-corrected chi connectivity index (χ3v) is 5.19. The number of hydrogen-bond acceptors (Lipinski definition) is 6. The first-order chi connectivity index (χ1) is 11.2. The van der Waals surface area contributed by atoms with Gasteiger partial charge >= 0.3 is 0 Å². The lowest BCUT2D eigenvalue weighted by Gasteiger charge is -2.41. The number of fused-ring (bicyclic) bond motifs is 1. The molecule has 124 valence electrons. The third-order valence-electron chi connectivity index (χ3n) is 5.19. The maximum atomic E-state index is 9.67. The minimum atomic E-state index is -0.0904. The summed E-state index contributed by atoms with van der Waals surface area (Å²) in [5.41, 5.74) is 2.97. The Hall–Kier alpha value is -1.73. The normalized spacial score (nSPS) is 22.1. The second-order valence-corrected chi connectivity index (χ2v) is 6.76. The highest BCUT2D eigenvalue weighted by molar-refractivity contribution is 5.68. The van der Waals surface area contributed by atoms with Crippen LogP contribution in [0.1, 0.15) is 31.4 Å². The predicted molar refractivity (Wildman–Crippen MR) is 87.6 cm³/mol. The van der Waals surface area contributed by atoms with Gasteiger partial charge in [-0.2, -0.15) is 9.61 Å². The topological polar surface area (TPSA) is 69.8 Å². The van der Waals surface area contributed by atoms with E-state index in [1.54, 1.807) is 10.8 Å². The molecule has 0 saturated carbocycles. The van der Waals surface area contributed by atoms with E-state index in [4.69, 9.17) is 0 Å². The van der Waals surface area contributed by atoms with Gasteiger partial charge in [0.25, 0.3) is 0 Å². The Morgan fingerprint density at radius 1 is 1.09 bits per heavy atom. The quantitative estimate of drug-likeness (QED) is 0.886. The molecule has 0 radical (unpaired) electrons. The maximum absolute atomic E-state index is 9.67. The molecule has 2 aliphatic heterocycles. The van der Waals surface area contributed by atoms with Gasteiger partial charge in [-0.05, 0) is 38.7 Å². The van der Waals surface area contributed by atoms with Gasteiger partial charge in [0.2, 0.25) is 5.65 Å². The lowest BCUT2D eigenvalue weighted by molar-refractivity contribution is 0.0542. The summed E-state index contributed by atoms with van der Waals surface area (Å²) >= 11 is 0. The van der Waals surface area contributed by atoms with Crippen molar-refractivity contribution in [2.24, 2.45) is 0 Å². The van der Waals surface area contributed by atoms with Crippen molar-refractivity contribution in [2.75, 3.05) is 31.1 Å². The molecule has 2 saturated heterocycles. The van der Waals surface area contributed by atoms with Gasteiger partial charge in [0.1, 0.15) is 6.33 Å². The zero-order valence-electron chi connectivity index (χ0n) is 13.6. The molecule has 4 rings (SSSR count). The zero-order valence-corrected chi connectivity index (χ0v) is 13.6. The minimum Gasteiger partial charge on any atom is -0.393 e. The molecule has 2 aliphatic rings. The number of anilines is 1. The largest absolute Gasteiger partial charge is 0.393 e. The molecular weight excluding hydrogens is 292 g/mol. The Bertz CT molecular complexity index is 670. The first-order valence-electron chi connectivity index (χ1n) is 8.55. The van der Waals surface area contributed by atoms with Crippen LogP contribution in [0, 0.1) is 6.92 Å². The molecule has 0 aromatic carbocycles. The number of piperidine rings is 2. The van der Waals surface area contributed by atoms with E-state index in [0.717, 1.165) is 68.9 Å². The molecule has 23 heavy (non-hydrogen) atoms. The summed E-state index contributed by atoms with van der Waals surface area (Å²) in [5.74, 6) is 0. The molecule has 0 spiro atoms. The number of rotatable bonds is 2. The van der Waals surface area contributed by atoms with Gasteiger partial charge in [-0.3, -0.25) is 0 Å². The van der Waals surface area contributed by atoms with Crippen LogP contribution in [0.25, 0.3) is 5.65 Å². The Kier molecular flexibility index (Phi) is 3.90. The van der Waals surface area contributed by atoms with Gasteiger partial charge in [0.15, 0.2) is 0 Å². The average molecular weight is 316 g/mol. The van der Waals surface area contributed by atoms with Crippen LogP contribution in [0.3, 0.4) is 0 Å². The number of hydrogen-bond donors (Lipinski definition) is 1. The molecule has 1 N–H and O–H groups in total. The summed E-state index contributed by atoms with van der Waals surface area (Å²) in [4.78, 5) is 4.97. The van der Waals surface area contributed by atoms with Gasteiger partial charge in [-0.25, -0.2) is 0 Å². The SMILES string of the molecule is Cc1cc(N2CCC(N3CCC(O)CC3)CC2)c2nncn2n1. The molecule has 0 unspecified atom stereocenters. The standard InChI is InChI=1S/C16H24N6O/c1-12-10-15(16-18-17-11-22(16)19-12)21-6-2-13(3-7-21)20-8-4-14(23)5-9-20/h10-11,13-14,23H,2-9H2,1H3. The van der Waals surface area contributed by atoms with E-state index in [1.165, 1.54) is 0 Å². The van der Waals surface area contributed by atoms with Crippen molar-refractivity contribution >= 4 is 11.3 Å². The van der Waals surface area contributed by atoms with E-state index >= 15 is 0 Å². The highest BCUT2D eigenvalue weighted by Gasteiger charge is 2.28. The number of aliphatic hydroxyl groups excluding tert-OH is 1. The van der Waals surface area contributed by atoms with Crippen molar-refractivity contribution in [3.05, 3.63) is 18.1 Å². The molecule has 7 nitrogen and oxygen atoms in total. The maximum Gasteiger partial charge on any atom is 0.200 e. The fraction of sp³-hybridized carbons (Fsp3) is 0.688. The van der Waals surface area contributed by atoms with Crippen LogP contribution >= 0.6 is 0 Å². The highest BCUT2D eigenvalue weighted by Crippen LogP contribution is 2.27. The van der Waals surface area contributed by atoms with E-state index < -0.39 is 0 Å². The fourth-order valence-corrected chi connectivity index (χ4v) is 3.89. The molecule has 0 bridgehead atoms. The molecule has 2 aromatic rings. The smallest absolute Gasteiger partial charge is 0.200 e. The number of nitrogens with zero attached hydrogens (tertiary/aromatic N) is 6. The van der Waals surface area contributed by atoms with Gasteiger partial charge in [-0.15, -0.1) is 10.2 Å². The van der Waals surface area contributed by atoms with Crippen molar-refractivity contribution in [2.45, 2.75) is 44.8 Å². The van der Waals surface area contributed by atoms with Crippen LogP contribution in [-0.2, 0) is 0 Å². The summed E-state index contributed by atoms with van der Waals surface area (Å²) in [5, 5.41) is 22.3. The number of aryl methyl sites for hydroxylation is 1. The predicted octanol–water partition coefficient (Wildman–Crippen LogP) is 0.858. The summed E-state index contributed by atoms with van der Waals surface area (Å²) in [6.45, 7) is 6.16. The highest BCUT2D eigenvalue weighted by atomic mass is 16.3. The molecular formula is C16H24N6O. The van der Waals surface area contributed by atoms with Gasteiger partial charge in [0.05, 0.1) is 17.5 Å². The Labute approximate surface area is 135 Å². The van der Waals surface area contributed by atoms with Crippen molar-refractivity contribution in [1.82, 2.24) is 24.7 Å². The summed E-state index contributed by atoms with van der Waals surface area (Å²) in [6.07, 6.45) is 5.74. The molecule has 2 aromatic heterocycles. The average Bonchev–Trinajstić information content (AvgIpc) is 3.03. The lowest BCUT2D eigenvalue weighted by Crippen LogP contribution is -2.48. The lowest BCUT2D eigenvalue weighted by atomic mass is 9.98. The van der Waals surface area contributed by atoms with Crippen molar-refractivity contribution in [1.29, 1.82) is 0 Å². The van der Waals surface area contributed by atoms with E-state index in [1.807, 2.05) is 6.92 Å². The fourth-order valence-electron chi connectivity index (χ4n) is 3.89. The van der Waals surface area contributed by atoms with Gasteiger partial charge in [-0.1, -0.05) is 0 Å². The van der Waals surface area contributed by atoms with E-state index in [-0.39, 0.29) is 6.10 Å². The van der Waals surface area contributed by atoms with Gasteiger partial charge in [0, 0.05) is 32.2 Å². The number of aromatic nitrogens is 4. The Balaban J connectivity index is 1.45. The zero-order chi connectivity index (χ0) is 15.8. The van der Waals surface area contributed by atoms with Crippen molar-refractivity contribution < 1.29 is 5.11 Å². The van der Waals surface area contributed by atoms with E-state index in [0.29, 0.717) is 6.04 Å². The number of aliphatic hydroxyl groups is 1. The molecule has 7 heteroatoms. The third kappa shape index (κ3) is 2.90. The molecule has 0 amide bonds. The second-order valence-electron chi connectivity index (χ2n) is 6.76. The van der Waals surface area contributed by atoms with Crippen LogP contribution in [0.2, 0.25) is 0 Å². The van der Waals surface area contributed by atoms with Crippen molar-refractivity contribution in [3.8, 4) is 0 Å². The van der Waals surface area contributed by atoms with Crippen molar-refractivity contribution in [3.63, 3.8) is 0 Å². The summed E-state index contributed by atoms with van der Waals surface area (Å²) < 4.78 is 1.77. The van der Waals surface area contributed by atoms with Crippen LogP contribution < -0.4 is 4.90 Å². The Morgan fingerprint density at radius 3 is 2.57 bits per heavy atom. The second kappa shape index (κ2) is 6.05. The van der Waals surface area contributed by atoms with Gasteiger partial charge < -0.3 is 14.9 Å². The van der Waals surface area contributed by atoms with Crippen LogP contribution in [0.4, 0.5) is 5.69 Å². The minimum absolute atomic E-state index is 0.0904. The molecule has 0 atom stereocenters. The molecule has 2 fully saturated rings. The Morgan fingerprint density at radius 2 is 1.83 bits per heavy atom. The van der Waals surface area contributed by atoms with Crippen LogP contribution in [-0.4, -0.2) is 68.1 Å². The molecule has 0 aliphatic carbocycles. The van der Waals surface area contributed by atoms with Crippen LogP contribution in [0.5, 0.6) is 0 Å².